The molecule has 0 unspecified atom stereocenters. The van der Waals surface area contributed by atoms with E-state index in [2.05, 4.69) is 15.6 Å². The second-order valence-electron chi connectivity index (χ2n) is 6.21. The van der Waals surface area contributed by atoms with E-state index in [1.54, 1.807) is 18.2 Å². The molecular formula is C22H20N4O2. The number of hydrogen-bond donors (Lipinski definition) is 3. The summed E-state index contributed by atoms with van der Waals surface area (Å²) in [6.45, 7) is 0.307. The van der Waals surface area contributed by atoms with Gasteiger partial charge in [-0.3, -0.25) is 0 Å². The lowest BCUT2D eigenvalue weighted by molar-refractivity contribution is 0.251. The Morgan fingerprint density at radius 2 is 1.71 bits per heavy atom. The van der Waals surface area contributed by atoms with Crippen LogP contribution in [0.25, 0.3) is 0 Å². The van der Waals surface area contributed by atoms with E-state index in [0.29, 0.717) is 18.7 Å². The van der Waals surface area contributed by atoms with Gasteiger partial charge >= 0.3 is 6.03 Å². The van der Waals surface area contributed by atoms with Gasteiger partial charge in [-0.05, 0) is 41.0 Å². The maximum absolute atomic E-state index is 12.3. The normalized spacial score (nSPS) is 10.0. The third kappa shape index (κ3) is 5.06. The van der Waals surface area contributed by atoms with Crippen molar-refractivity contribution in [2.24, 2.45) is 4.99 Å². The fourth-order valence-electron chi connectivity index (χ4n) is 2.83. The molecule has 0 spiro atoms. The highest BCUT2D eigenvalue weighted by Gasteiger charge is 2.08. The number of aliphatic imine (C=N–C) groups is 1. The molecule has 0 aliphatic carbocycles. The summed E-state index contributed by atoms with van der Waals surface area (Å²) < 4.78 is 0. The van der Waals surface area contributed by atoms with E-state index in [-0.39, 0.29) is 6.03 Å². The Hall–Kier alpha value is -3.89. The van der Waals surface area contributed by atoms with E-state index in [1.807, 2.05) is 54.6 Å². The fraction of sp³-hybridized carbons (Fsp3) is 0.0909. The molecule has 6 nitrogen and oxygen atoms in total. The highest BCUT2D eigenvalue weighted by atomic mass is 16.2. The van der Waals surface area contributed by atoms with Gasteiger partial charge in [0.25, 0.3) is 0 Å². The van der Waals surface area contributed by atoms with E-state index in [9.17, 15) is 9.59 Å². The van der Waals surface area contributed by atoms with Crippen molar-refractivity contribution in [1.82, 2.24) is 5.32 Å². The summed E-state index contributed by atoms with van der Waals surface area (Å²) in [5.41, 5.74) is 10.8. The molecule has 3 aromatic carbocycles. The van der Waals surface area contributed by atoms with Crippen LogP contribution in [0.2, 0.25) is 0 Å². The molecule has 0 radical (unpaired) electrons. The second kappa shape index (κ2) is 9.16. The van der Waals surface area contributed by atoms with E-state index in [1.165, 1.54) is 6.08 Å². The summed E-state index contributed by atoms with van der Waals surface area (Å²) >= 11 is 0. The number of nitrogen functional groups attached to an aromatic ring is 1. The minimum absolute atomic E-state index is 0.307. The Kier molecular flexibility index (Phi) is 6.18. The van der Waals surface area contributed by atoms with Gasteiger partial charge in [-0.15, -0.1) is 0 Å². The van der Waals surface area contributed by atoms with Crippen LogP contribution in [0.3, 0.4) is 0 Å². The van der Waals surface area contributed by atoms with Crippen molar-refractivity contribution < 1.29 is 9.59 Å². The van der Waals surface area contributed by atoms with E-state index < -0.39 is 0 Å². The van der Waals surface area contributed by atoms with Gasteiger partial charge < -0.3 is 16.4 Å². The second-order valence-corrected chi connectivity index (χ2v) is 6.21. The number of carbonyl (C=O) groups is 1. The molecule has 0 heterocycles. The molecule has 0 atom stereocenters. The summed E-state index contributed by atoms with van der Waals surface area (Å²) in [7, 11) is 0. The van der Waals surface area contributed by atoms with Crippen molar-refractivity contribution in [2.45, 2.75) is 13.0 Å². The molecule has 3 rings (SSSR count). The number of nitrogens with two attached hydrogens (primary N) is 1. The van der Waals surface area contributed by atoms with Crippen LogP contribution in [0.5, 0.6) is 0 Å². The molecule has 3 aromatic rings. The molecule has 140 valence electrons. The third-order valence-electron chi connectivity index (χ3n) is 4.24. The predicted molar refractivity (Wildman–Crippen MR) is 110 cm³/mol. The predicted octanol–water partition coefficient (Wildman–Crippen LogP) is 4.15. The minimum atomic E-state index is -0.322. The first-order chi connectivity index (χ1) is 13.7. The largest absolute Gasteiger partial charge is 0.398 e. The summed E-state index contributed by atoms with van der Waals surface area (Å²) in [5, 5.41) is 5.69. The van der Waals surface area contributed by atoms with Gasteiger partial charge in [0.05, 0.1) is 5.69 Å². The maximum Gasteiger partial charge on any atom is 0.319 e. The van der Waals surface area contributed by atoms with Gasteiger partial charge in [0.2, 0.25) is 6.08 Å². The SMILES string of the molecule is Nc1ccccc1Cc1ccccc1NC(=O)NCc1cccc(N=C=O)c1. The van der Waals surface area contributed by atoms with Crippen LogP contribution in [0.1, 0.15) is 16.7 Å². The summed E-state index contributed by atoms with van der Waals surface area (Å²) in [6.07, 6.45) is 2.13. The van der Waals surface area contributed by atoms with Gasteiger partial charge in [-0.1, -0.05) is 48.5 Å². The topological polar surface area (TPSA) is 96.6 Å². The average molecular weight is 372 g/mol. The molecular weight excluding hydrogens is 352 g/mol. The number of urea groups is 1. The van der Waals surface area contributed by atoms with Crippen LogP contribution in [0, 0.1) is 0 Å². The molecule has 0 bridgehead atoms. The Morgan fingerprint density at radius 3 is 2.50 bits per heavy atom. The minimum Gasteiger partial charge on any atom is -0.398 e. The Morgan fingerprint density at radius 1 is 0.964 bits per heavy atom. The zero-order valence-electron chi connectivity index (χ0n) is 15.2. The standard InChI is InChI=1S/C22H20N4O2/c23-20-10-3-1-7-17(20)13-18-8-2-4-11-21(18)26-22(28)24-14-16-6-5-9-19(12-16)25-15-27/h1-12H,13-14,23H2,(H2,24,26,28). The fourth-order valence-corrected chi connectivity index (χ4v) is 2.83. The van der Waals surface area contributed by atoms with Gasteiger partial charge in [0.1, 0.15) is 0 Å². The maximum atomic E-state index is 12.3. The van der Waals surface area contributed by atoms with Crippen LogP contribution in [-0.2, 0) is 17.8 Å². The summed E-state index contributed by atoms with van der Waals surface area (Å²) in [5.74, 6) is 0. The molecule has 0 saturated heterocycles. The smallest absolute Gasteiger partial charge is 0.319 e. The van der Waals surface area contributed by atoms with Gasteiger partial charge in [0.15, 0.2) is 0 Å². The number of nitrogens with zero attached hydrogens (tertiary/aromatic N) is 1. The molecule has 2 amide bonds. The lowest BCUT2D eigenvalue weighted by atomic mass is 10.0. The van der Waals surface area contributed by atoms with Crippen molar-refractivity contribution in [1.29, 1.82) is 0 Å². The van der Waals surface area contributed by atoms with Gasteiger partial charge in [-0.25, -0.2) is 9.59 Å². The molecule has 0 saturated carbocycles. The number of anilines is 2. The number of benzene rings is 3. The monoisotopic (exact) mass is 372 g/mol. The van der Waals surface area contributed by atoms with Crippen molar-refractivity contribution in [3.05, 3.63) is 89.5 Å². The van der Waals surface area contributed by atoms with Crippen molar-refractivity contribution >= 4 is 29.2 Å². The first-order valence-electron chi connectivity index (χ1n) is 8.78. The average Bonchev–Trinajstić information content (AvgIpc) is 2.70. The number of amides is 2. The van der Waals surface area contributed by atoms with E-state index in [4.69, 9.17) is 5.73 Å². The highest BCUT2D eigenvalue weighted by molar-refractivity contribution is 5.90. The van der Waals surface area contributed by atoms with Crippen molar-refractivity contribution in [3.63, 3.8) is 0 Å². The highest BCUT2D eigenvalue weighted by Crippen LogP contribution is 2.22. The first kappa shape index (κ1) is 18.9. The van der Waals surface area contributed by atoms with Crippen LogP contribution in [0.15, 0.2) is 77.8 Å². The Bertz CT molecular complexity index is 1030. The summed E-state index contributed by atoms with van der Waals surface area (Å²) in [4.78, 5) is 26.3. The van der Waals surface area contributed by atoms with Crippen LogP contribution < -0.4 is 16.4 Å². The van der Waals surface area contributed by atoms with Crippen LogP contribution in [0.4, 0.5) is 21.9 Å². The third-order valence-corrected chi connectivity index (χ3v) is 4.24. The van der Waals surface area contributed by atoms with E-state index >= 15 is 0 Å². The lowest BCUT2D eigenvalue weighted by Crippen LogP contribution is -2.28. The number of nitrogens with one attached hydrogen (secondary N) is 2. The molecule has 0 fully saturated rings. The van der Waals surface area contributed by atoms with Crippen LogP contribution >= 0.6 is 0 Å². The molecule has 6 heteroatoms. The number of hydrogen-bond acceptors (Lipinski definition) is 4. The number of rotatable bonds is 6. The molecule has 4 N–H and O–H groups in total. The molecule has 0 aliphatic heterocycles. The Balaban J connectivity index is 1.65. The molecule has 0 aromatic heterocycles. The Labute approximate surface area is 163 Å². The number of para-hydroxylation sites is 2. The zero-order valence-corrected chi connectivity index (χ0v) is 15.2. The van der Waals surface area contributed by atoms with Crippen LogP contribution in [-0.4, -0.2) is 12.1 Å². The van der Waals surface area contributed by atoms with Crippen molar-refractivity contribution in [3.8, 4) is 0 Å². The number of isocyanates is 1. The summed E-state index contributed by atoms with van der Waals surface area (Å²) in [6, 6.07) is 22.0. The lowest BCUT2D eigenvalue weighted by Gasteiger charge is -2.13. The van der Waals surface area contributed by atoms with Gasteiger partial charge in [0, 0.05) is 24.3 Å². The zero-order chi connectivity index (χ0) is 19.8. The molecule has 28 heavy (non-hydrogen) atoms. The quantitative estimate of drug-likeness (QED) is 0.344. The van der Waals surface area contributed by atoms with Crippen molar-refractivity contribution in [2.75, 3.05) is 11.1 Å². The number of carbonyl (C=O) groups excluding carboxylic acids is 2. The van der Waals surface area contributed by atoms with E-state index in [0.717, 1.165) is 28.1 Å². The van der Waals surface area contributed by atoms with Gasteiger partial charge in [-0.2, -0.15) is 4.99 Å². The first-order valence-corrected chi connectivity index (χ1v) is 8.78. The molecule has 0 aliphatic rings.